The SMILES string of the molecule is [B]c1c(N2CCN(C)CC2)cnn1C. The monoisotopic (exact) mass is 190 g/mol. The maximum Gasteiger partial charge on any atom is 0.144 e. The molecule has 2 heterocycles. The van der Waals surface area contributed by atoms with E-state index in [0.29, 0.717) is 0 Å². The van der Waals surface area contributed by atoms with Crippen molar-refractivity contribution in [2.24, 2.45) is 7.05 Å². The first-order chi connectivity index (χ1) is 6.68. The van der Waals surface area contributed by atoms with Gasteiger partial charge in [-0.1, -0.05) is 0 Å². The summed E-state index contributed by atoms with van der Waals surface area (Å²) in [6.07, 6.45) is 1.85. The van der Waals surface area contributed by atoms with E-state index in [0.717, 1.165) is 37.5 Å². The number of anilines is 1. The van der Waals surface area contributed by atoms with Crippen molar-refractivity contribution in [3.63, 3.8) is 0 Å². The highest BCUT2D eigenvalue weighted by Gasteiger charge is 2.17. The van der Waals surface area contributed by atoms with E-state index in [1.807, 2.05) is 13.2 Å². The Morgan fingerprint density at radius 2 is 1.86 bits per heavy atom. The van der Waals surface area contributed by atoms with E-state index in [1.54, 1.807) is 4.68 Å². The number of hydrogen-bond acceptors (Lipinski definition) is 3. The second kappa shape index (κ2) is 3.65. The third-order valence-electron chi connectivity index (χ3n) is 2.81. The summed E-state index contributed by atoms with van der Waals surface area (Å²) in [5.41, 5.74) is 1.83. The van der Waals surface area contributed by atoms with Gasteiger partial charge in [0.15, 0.2) is 0 Å². The Labute approximate surface area is 85.9 Å². The standard InChI is InChI=1S/C9H15BN4/c1-12-3-5-14(6-4-12)8-7-11-13(2)9(8)10/h7H,3-6H2,1-2H3. The van der Waals surface area contributed by atoms with Gasteiger partial charge < -0.3 is 9.80 Å². The fourth-order valence-electron chi connectivity index (χ4n) is 1.73. The molecule has 0 aromatic carbocycles. The minimum absolute atomic E-state index is 0.759. The molecule has 1 fully saturated rings. The van der Waals surface area contributed by atoms with Crippen LogP contribution in [0.25, 0.3) is 0 Å². The number of nitrogens with zero attached hydrogens (tertiary/aromatic N) is 4. The van der Waals surface area contributed by atoms with Crippen molar-refractivity contribution in [2.45, 2.75) is 0 Å². The Kier molecular flexibility index (Phi) is 2.50. The van der Waals surface area contributed by atoms with Gasteiger partial charge in [-0.2, -0.15) is 5.10 Å². The van der Waals surface area contributed by atoms with Gasteiger partial charge in [-0.25, -0.2) is 0 Å². The molecule has 0 aliphatic carbocycles. The second-order valence-corrected chi connectivity index (χ2v) is 3.83. The maximum atomic E-state index is 5.91. The van der Waals surface area contributed by atoms with Crippen LogP contribution in [0.4, 0.5) is 5.69 Å². The van der Waals surface area contributed by atoms with Gasteiger partial charge in [-0.05, 0) is 7.05 Å². The molecule has 2 rings (SSSR count). The largest absolute Gasteiger partial charge is 0.367 e. The summed E-state index contributed by atoms with van der Waals surface area (Å²) in [6.45, 7) is 4.25. The average molecular weight is 190 g/mol. The summed E-state index contributed by atoms with van der Waals surface area (Å²) in [6, 6.07) is 0. The van der Waals surface area contributed by atoms with Crippen LogP contribution in [-0.2, 0) is 7.05 Å². The number of aromatic nitrogens is 2. The molecule has 0 N–H and O–H groups in total. The van der Waals surface area contributed by atoms with Crippen molar-refractivity contribution in [1.29, 1.82) is 0 Å². The molecule has 1 aliphatic rings. The Bertz CT molecular complexity index is 315. The average Bonchev–Trinajstić information content (AvgIpc) is 2.50. The molecule has 0 saturated carbocycles. The number of rotatable bonds is 1. The lowest BCUT2D eigenvalue weighted by molar-refractivity contribution is 0.313. The lowest BCUT2D eigenvalue weighted by Crippen LogP contribution is -2.46. The van der Waals surface area contributed by atoms with Gasteiger partial charge >= 0.3 is 0 Å². The van der Waals surface area contributed by atoms with Crippen LogP contribution in [-0.4, -0.2) is 55.8 Å². The Morgan fingerprint density at radius 1 is 1.21 bits per heavy atom. The third-order valence-corrected chi connectivity index (χ3v) is 2.81. The van der Waals surface area contributed by atoms with Gasteiger partial charge in [0.05, 0.1) is 11.9 Å². The van der Waals surface area contributed by atoms with E-state index in [2.05, 4.69) is 21.9 Å². The zero-order chi connectivity index (χ0) is 10.1. The van der Waals surface area contributed by atoms with E-state index in [9.17, 15) is 0 Å². The molecule has 1 aromatic heterocycles. The third kappa shape index (κ3) is 1.64. The van der Waals surface area contributed by atoms with Crippen LogP contribution in [0.3, 0.4) is 0 Å². The molecule has 74 valence electrons. The summed E-state index contributed by atoms with van der Waals surface area (Å²) in [5, 5.41) is 4.15. The van der Waals surface area contributed by atoms with Gasteiger partial charge in [0.1, 0.15) is 7.85 Å². The molecule has 0 spiro atoms. The molecule has 0 amide bonds. The molecule has 1 saturated heterocycles. The van der Waals surface area contributed by atoms with Crippen molar-refractivity contribution in [1.82, 2.24) is 14.7 Å². The van der Waals surface area contributed by atoms with E-state index in [-0.39, 0.29) is 0 Å². The minimum atomic E-state index is 0.759. The minimum Gasteiger partial charge on any atom is -0.367 e. The first-order valence-corrected chi connectivity index (χ1v) is 4.89. The molecule has 2 radical (unpaired) electrons. The molecule has 1 aromatic rings. The molecule has 4 nitrogen and oxygen atoms in total. The van der Waals surface area contributed by atoms with E-state index in [1.165, 1.54) is 0 Å². The Hall–Kier alpha value is -0.965. The van der Waals surface area contributed by atoms with E-state index >= 15 is 0 Å². The van der Waals surface area contributed by atoms with Crippen LogP contribution in [0.5, 0.6) is 0 Å². The quantitative estimate of drug-likeness (QED) is 0.529. The number of likely N-dealkylation sites (N-methyl/N-ethyl adjacent to an activating group) is 1. The number of piperazine rings is 1. The summed E-state index contributed by atoms with van der Waals surface area (Å²) in [4.78, 5) is 4.62. The molecule has 5 heteroatoms. The summed E-state index contributed by atoms with van der Waals surface area (Å²) < 4.78 is 1.72. The van der Waals surface area contributed by atoms with Crippen molar-refractivity contribution >= 4 is 19.1 Å². The van der Waals surface area contributed by atoms with Crippen molar-refractivity contribution < 1.29 is 0 Å². The highest BCUT2D eigenvalue weighted by atomic mass is 15.3. The summed E-state index contributed by atoms with van der Waals surface area (Å²) in [7, 11) is 9.93. The predicted molar refractivity (Wildman–Crippen MR) is 58.3 cm³/mol. The van der Waals surface area contributed by atoms with Crippen LogP contribution < -0.4 is 10.5 Å². The van der Waals surface area contributed by atoms with Crippen molar-refractivity contribution in [3.05, 3.63) is 6.20 Å². The highest BCUT2D eigenvalue weighted by Crippen LogP contribution is 2.11. The predicted octanol–water partition coefficient (Wildman–Crippen LogP) is -1.03. The molecule has 0 bridgehead atoms. The fraction of sp³-hybridized carbons (Fsp3) is 0.667. The first-order valence-electron chi connectivity index (χ1n) is 4.89. The van der Waals surface area contributed by atoms with E-state index < -0.39 is 0 Å². The smallest absolute Gasteiger partial charge is 0.144 e. The maximum absolute atomic E-state index is 5.91. The lowest BCUT2D eigenvalue weighted by Gasteiger charge is -2.33. The molecular weight excluding hydrogens is 175 g/mol. The van der Waals surface area contributed by atoms with Gasteiger partial charge in [-0.15, -0.1) is 0 Å². The molecule has 0 atom stereocenters. The van der Waals surface area contributed by atoms with Crippen molar-refractivity contribution in [2.75, 3.05) is 38.1 Å². The van der Waals surface area contributed by atoms with Gasteiger partial charge in [0.2, 0.25) is 0 Å². The lowest BCUT2D eigenvalue weighted by atomic mass is 10.0. The van der Waals surface area contributed by atoms with Crippen LogP contribution in [0, 0.1) is 0 Å². The Balaban J connectivity index is 2.12. The molecule has 0 unspecified atom stereocenters. The molecule has 1 aliphatic heterocycles. The van der Waals surface area contributed by atoms with E-state index in [4.69, 9.17) is 7.85 Å². The van der Waals surface area contributed by atoms with Crippen LogP contribution in [0.1, 0.15) is 0 Å². The number of hydrogen-bond donors (Lipinski definition) is 0. The van der Waals surface area contributed by atoms with Crippen molar-refractivity contribution in [3.8, 4) is 0 Å². The summed E-state index contributed by atoms with van der Waals surface area (Å²) >= 11 is 0. The van der Waals surface area contributed by atoms with Gasteiger partial charge in [0.25, 0.3) is 0 Å². The van der Waals surface area contributed by atoms with Crippen LogP contribution in [0.2, 0.25) is 0 Å². The Morgan fingerprint density at radius 3 is 2.36 bits per heavy atom. The summed E-state index contributed by atoms with van der Waals surface area (Å²) in [5.74, 6) is 0. The molecule has 14 heavy (non-hydrogen) atoms. The fourth-order valence-corrected chi connectivity index (χ4v) is 1.73. The van der Waals surface area contributed by atoms with Crippen LogP contribution >= 0.6 is 0 Å². The van der Waals surface area contributed by atoms with Crippen LogP contribution in [0.15, 0.2) is 6.20 Å². The molecular formula is C9H15BN4. The van der Waals surface area contributed by atoms with Gasteiger partial charge in [-0.3, -0.25) is 4.68 Å². The highest BCUT2D eigenvalue weighted by molar-refractivity contribution is 6.34. The first kappa shape index (κ1) is 9.58. The second-order valence-electron chi connectivity index (χ2n) is 3.83. The normalized spacial score (nSPS) is 18.9. The zero-order valence-corrected chi connectivity index (χ0v) is 8.77. The van der Waals surface area contributed by atoms with Gasteiger partial charge in [0, 0.05) is 38.8 Å². The topological polar surface area (TPSA) is 24.3 Å². The number of aryl methyl sites for hydroxylation is 1. The zero-order valence-electron chi connectivity index (χ0n) is 8.77.